The molecule has 0 fully saturated rings. The molecule has 0 amide bonds. The van der Waals surface area contributed by atoms with E-state index < -0.39 is 0 Å². The zero-order chi connectivity index (χ0) is 18.9. The Morgan fingerprint density at radius 2 is 1.85 bits per heavy atom. The Hall–Kier alpha value is -1.35. The molecule has 0 aliphatic heterocycles. The van der Waals surface area contributed by atoms with Crippen LogP contribution in [-0.4, -0.2) is 30.1 Å². The van der Waals surface area contributed by atoms with Crippen LogP contribution < -0.4 is 16.0 Å². The Balaban J connectivity index is 0.00000364. The normalized spacial score (nSPS) is 12.4. The predicted octanol–water partition coefficient (Wildman–Crippen LogP) is 4.57. The molecule has 150 valence electrons. The minimum Gasteiger partial charge on any atom is -0.380 e. The highest BCUT2D eigenvalue weighted by molar-refractivity contribution is 14.0. The molecule has 7 heteroatoms. The van der Waals surface area contributed by atoms with Gasteiger partial charge in [-0.2, -0.15) is 0 Å². The number of hydrogen-bond donors (Lipinski definition) is 3. The van der Waals surface area contributed by atoms with Gasteiger partial charge >= 0.3 is 0 Å². The Morgan fingerprint density at radius 1 is 1.15 bits per heavy atom. The second-order valence-electron chi connectivity index (χ2n) is 6.68. The van der Waals surface area contributed by atoms with Crippen LogP contribution in [0.4, 0.5) is 5.69 Å². The first-order valence-electron chi connectivity index (χ1n) is 9.26. The Bertz CT molecular complexity index is 700. The van der Waals surface area contributed by atoms with Crippen molar-refractivity contribution in [3.8, 4) is 0 Å². The smallest absolute Gasteiger partial charge is 0.191 e. The minimum absolute atomic E-state index is 0. The van der Waals surface area contributed by atoms with Gasteiger partial charge in [-0.15, -0.1) is 35.3 Å². The van der Waals surface area contributed by atoms with Crippen LogP contribution in [0.15, 0.2) is 35.3 Å². The molecule has 0 aliphatic rings. The molecule has 2 rings (SSSR count). The van der Waals surface area contributed by atoms with Crippen molar-refractivity contribution in [1.29, 1.82) is 0 Å². The quantitative estimate of drug-likeness (QED) is 0.282. The van der Waals surface area contributed by atoms with Crippen LogP contribution in [0.25, 0.3) is 0 Å². The van der Waals surface area contributed by atoms with Crippen molar-refractivity contribution in [2.24, 2.45) is 10.9 Å². The van der Waals surface area contributed by atoms with Crippen molar-refractivity contribution in [2.75, 3.05) is 18.4 Å². The summed E-state index contributed by atoms with van der Waals surface area (Å²) in [5.74, 6) is 1.34. The molecular weight excluding hydrogens is 469 g/mol. The molecule has 0 bridgehead atoms. The first-order chi connectivity index (χ1) is 12.5. The van der Waals surface area contributed by atoms with Crippen LogP contribution in [0, 0.1) is 19.8 Å². The monoisotopic (exact) mass is 501 g/mol. The number of benzene rings is 1. The zero-order valence-corrected chi connectivity index (χ0v) is 20.0. The molecule has 0 spiro atoms. The number of aliphatic imine (C=N–C) groups is 1. The van der Waals surface area contributed by atoms with Gasteiger partial charge in [-0.05, 0) is 38.8 Å². The van der Waals surface area contributed by atoms with E-state index in [9.17, 15) is 0 Å². The maximum absolute atomic E-state index is 4.73. The highest BCUT2D eigenvalue weighted by Gasteiger charge is 2.14. The van der Waals surface area contributed by atoms with Crippen LogP contribution in [0.5, 0.6) is 0 Å². The number of rotatable bonds is 8. The average Bonchev–Trinajstić information content (AvgIpc) is 2.94. The van der Waals surface area contributed by atoms with Gasteiger partial charge in [0.1, 0.15) is 0 Å². The van der Waals surface area contributed by atoms with E-state index in [1.807, 2.05) is 19.9 Å². The lowest BCUT2D eigenvalue weighted by Crippen LogP contribution is -2.44. The summed E-state index contributed by atoms with van der Waals surface area (Å²) in [6.45, 7) is 12.9. The fourth-order valence-corrected chi connectivity index (χ4v) is 3.48. The van der Waals surface area contributed by atoms with Crippen molar-refractivity contribution in [1.82, 2.24) is 15.6 Å². The van der Waals surface area contributed by atoms with Gasteiger partial charge in [0.25, 0.3) is 0 Å². The zero-order valence-electron chi connectivity index (χ0n) is 16.9. The van der Waals surface area contributed by atoms with E-state index in [0.29, 0.717) is 18.5 Å². The number of hydrogen-bond acceptors (Lipinski definition) is 4. The topological polar surface area (TPSA) is 61.3 Å². The van der Waals surface area contributed by atoms with Gasteiger partial charge < -0.3 is 16.0 Å². The third kappa shape index (κ3) is 8.04. The SMILES string of the molecule is CCNC(=NCc1sc(C)nc1C)NCC(Nc1ccccc1)C(C)C.I. The number of para-hydroxylation sites is 1. The summed E-state index contributed by atoms with van der Waals surface area (Å²) in [6, 6.07) is 10.7. The van der Waals surface area contributed by atoms with Gasteiger partial charge in [0.15, 0.2) is 5.96 Å². The third-order valence-corrected chi connectivity index (χ3v) is 5.20. The fraction of sp³-hybridized carbons (Fsp3) is 0.500. The number of anilines is 1. The van der Waals surface area contributed by atoms with Crippen LogP contribution in [0.3, 0.4) is 0 Å². The third-order valence-electron chi connectivity index (χ3n) is 4.14. The molecule has 2 aromatic rings. The van der Waals surface area contributed by atoms with E-state index in [-0.39, 0.29) is 24.0 Å². The molecule has 1 aromatic heterocycles. The lowest BCUT2D eigenvalue weighted by atomic mass is 10.0. The average molecular weight is 501 g/mol. The molecule has 27 heavy (non-hydrogen) atoms. The van der Waals surface area contributed by atoms with Crippen molar-refractivity contribution < 1.29 is 0 Å². The maximum Gasteiger partial charge on any atom is 0.191 e. The van der Waals surface area contributed by atoms with Crippen molar-refractivity contribution in [3.05, 3.63) is 45.9 Å². The fourth-order valence-electron chi connectivity index (χ4n) is 2.62. The number of nitrogens with one attached hydrogen (secondary N) is 3. The van der Waals surface area contributed by atoms with Crippen molar-refractivity contribution in [2.45, 2.75) is 47.2 Å². The predicted molar refractivity (Wildman–Crippen MR) is 129 cm³/mol. The number of guanidine groups is 1. The highest BCUT2D eigenvalue weighted by atomic mass is 127. The van der Waals surface area contributed by atoms with E-state index in [4.69, 9.17) is 4.99 Å². The summed E-state index contributed by atoms with van der Waals surface area (Å²) >= 11 is 1.72. The molecule has 1 unspecified atom stereocenters. The highest BCUT2D eigenvalue weighted by Crippen LogP contribution is 2.18. The van der Waals surface area contributed by atoms with Crippen LogP contribution in [0.2, 0.25) is 0 Å². The second kappa shape index (κ2) is 12.2. The molecule has 5 nitrogen and oxygen atoms in total. The number of aromatic nitrogens is 1. The standard InChI is InChI=1S/C20H31N5S.HI/c1-6-21-20(23-13-19-15(4)24-16(5)26-19)22-12-18(14(2)3)25-17-10-8-7-9-11-17;/h7-11,14,18,25H,6,12-13H2,1-5H3,(H2,21,22,23);1H. The van der Waals surface area contributed by atoms with Crippen LogP contribution in [-0.2, 0) is 6.54 Å². The molecular formula is C20H32IN5S. The Kier molecular flexibility index (Phi) is 10.7. The van der Waals surface area contributed by atoms with Gasteiger partial charge in [-0.25, -0.2) is 9.98 Å². The molecule has 0 saturated carbocycles. The van der Waals surface area contributed by atoms with E-state index in [0.717, 1.165) is 35.4 Å². The lowest BCUT2D eigenvalue weighted by molar-refractivity contribution is 0.512. The van der Waals surface area contributed by atoms with Crippen molar-refractivity contribution in [3.63, 3.8) is 0 Å². The summed E-state index contributed by atoms with van der Waals surface area (Å²) in [4.78, 5) is 10.4. The maximum atomic E-state index is 4.73. The molecule has 1 atom stereocenters. The van der Waals surface area contributed by atoms with Gasteiger partial charge in [0.05, 0.1) is 17.2 Å². The largest absolute Gasteiger partial charge is 0.380 e. The van der Waals surface area contributed by atoms with Crippen molar-refractivity contribution >= 4 is 47.0 Å². The van der Waals surface area contributed by atoms with E-state index >= 15 is 0 Å². The minimum atomic E-state index is 0. The summed E-state index contributed by atoms with van der Waals surface area (Å²) in [5.41, 5.74) is 2.23. The number of nitrogens with zero attached hydrogens (tertiary/aromatic N) is 2. The van der Waals surface area contributed by atoms with E-state index in [2.05, 4.69) is 66.0 Å². The van der Waals surface area contributed by atoms with Crippen LogP contribution in [0.1, 0.15) is 36.3 Å². The second-order valence-corrected chi connectivity index (χ2v) is 7.97. The van der Waals surface area contributed by atoms with Gasteiger partial charge in [-0.3, -0.25) is 0 Å². The van der Waals surface area contributed by atoms with Gasteiger partial charge in [0.2, 0.25) is 0 Å². The molecule has 0 saturated heterocycles. The number of halogens is 1. The molecule has 0 radical (unpaired) electrons. The summed E-state index contributed by atoms with van der Waals surface area (Å²) in [5, 5.41) is 11.5. The van der Waals surface area contributed by atoms with E-state index in [1.165, 1.54) is 4.88 Å². The lowest BCUT2D eigenvalue weighted by Gasteiger charge is -2.25. The first-order valence-corrected chi connectivity index (χ1v) is 10.1. The van der Waals surface area contributed by atoms with Gasteiger partial charge in [0, 0.05) is 29.7 Å². The molecule has 1 heterocycles. The Morgan fingerprint density at radius 3 is 2.41 bits per heavy atom. The Labute approximate surface area is 184 Å². The summed E-state index contributed by atoms with van der Waals surface area (Å²) in [7, 11) is 0. The molecule has 3 N–H and O–H groups in total. The number of aryl methyl sites for hydroxylation is 2. The van der Waals surface area contributed by atoms with E-state index in [1.54, 1.807) is 11.3 Å². The molecule has 1 aromatic carbocycles. The van der Waals surface area contributed by atoms with Crippen LogP contribution >= 0.6 is 35.3 Å². The molecule has 0 aliphatic carbocycles. The first kappa shape index (κ1) is 23.7. The number of thiazole rings is 1. The summed E-state index contributed by atoms with van der Waals surface area (Å²) in [6.07, 6.45) is 0. The van der Waals surface area contributed by atoms with Gasteiger partial charge in [-0.1, -0.05) is 32.0 Å². The summed E-state index contributed by atoms with van der Waals surface area (Å²) < 4.78 is 0.